The molecule has 0 saturated heterocycles. The first-order valence-corrected chi connectivity index (χ1v) is 18.3. The maximum Gasteiger partial charge on any atom is 0.0992 e. The van der Waals surface area contributed by atoms with Gasteiger partial charge in [-0.25, -0.2) is 0 Å². The number of nitriles is 2. The molecule has 0 N–H and O–H groups in total. The Balaban J connectivity index is 1.19. The average molecular weight is 700 g/mol. The zero-order valence-electron chi connectivity index (χ0n) is 29.5. The van der Waals surface area contributed by atoms with E-state index in [0.29, 0.717) is 11.1 Å². The molecule has 5 nitrogen and oxygen atoms in total. The number of para-hydroxylation sites is 5. The molecule has 0 unspecified atom stereocenters. The first kappa shape index (κ1) is 30.7. The monoisotopic (exact) mass is 699 g/mol. The first-order chi connectivity index (χ1) is 27.2. The van der Waals surface area contributed by atoms with Gasteiger partial charge in [0.05, 0.1) is 67.7 Å². The molecule has 0 atom stereocenters. The van der Waals surface area contributed by atoms with E-state index < -0.39 is 0 Å². The quantitative estimate of drug-likeness (QED) is 0.184. The number of rotatable bonds is 4. The highest BCUT2D eigenvalue weighted by molar-refractivity contribution is 6.16. The largest absolute Gasteiger partial charge is 0.309 e. The van der Waals surface area contributed by atoms with E-state index in [-0.39, 0.29) is 0 Å². The van der Waals surface area contributed by atoms with Crippen LogP contribution in [-0.2, 0) is 0 Å². The third kappa shape index (κ3) is 4.45. The first-order valence-electron chi connectivity index (χ1n) is 18.3. The normalized spacial score (nSPS) is 11.6. The van der Waals surface area contributed by atoms with E-state index in [1.54, 1.807) is 0 Å². The zero-order valence-corrected chi connectivity index (χ0v) is 29.5. The molecule has 3 heterocycles. The highest BCUT2D eigenvalue weighted by atomic mass is 15.0. The molecular weight excluding hydrogens is 671 g/mol. The summed E-state index contributed by atoms with van der Waals surface area (Å²) in [7, 11) is 0. The molecule has 0 amide bonds. The number of aromatic nitrogens is 3. The van der Waals surface area contributed by atoms with Crippen LogP contribution in [0.1, 0.15) is 11.1 Å². The van der Waals surface area contributed by atoms with Crippen molar-refractivity contribution in [1.82, 2.24) is 13.7 Å². The van der Waals surface area contributed by atoms with Gasteiger partial charge in [-0.15, -0.1) is 0 Å². The summed E-state index contributed by atoms with van der Waals surface area (Å²) >= 11 is 0. The average Bonchev–Trinajstić information content (AvgIpc) is 3.89. The Morgan fingerprint density at radius 2 is 0.855 bits per heavy atom. The van der Waals surface area contributed by atoms with E-state index in [1.807, 2.05) is 42.5 Å². The van der Waals surface area contributed by atoms with Crippen molar-refractivity contribution in [3.8, 4) is 40.3 Å². The number of fused-ring (bicyclic) bond motifs is 9. The fraction of sp³-hybridized carbons (Fsp3) is 0. The molecule has 8 aromatic carbocycles. The summed E-state index contributed by atoms with van der Waals surface area (Å²) in [5.74, 6) is 0. The molecule has 11 rings (SSSR count). The van der Waals surface area contributed by atoms with Gasteiger partial charge in [-0.3, -0.25) is 0 Å². The summed E-state index contributed by atoms with van der Waals surface area (Å²) in [6, 6.07) is 65.9. The Bertz CT molecular complexity index is 3420. The second-order valence-corrected chi connectivity index (χ2v) is 14.0. The van der Waals surface area contributed by atoms with Crippen LogP contribution in [0, 0.1) is 22.7 Å². The van der Waals surface area contributed by atoms with Gasteiger partial charge in [-0.05, 0) is 78.4 Å². The van der Waals surface area contributed by atoms with Crippen LogP contribution in [0.5, 0.6) is 0 Å². The van der Waals surface area contributed by atoms with Crippen LogP contribution in [0.15, 0.2) is 176 Å². The molecule has 11 aromatic rings. The van der Waals surface area contributed by atoms with Gasteiger partial charge in [0, 0.05) is 43.6 Å². The maximum absolute atomic E-state index is 10.5. The Hall–Kier alpha value is -7.86. The Kier molecular flexibility index (Phi) is 6.61. The van der Waals surface area contributed by atoms with Crippen molar-refractivity contribution in [3.05, 3.63) is 187 Å². The van der Waals surface area contributed by atoms with Gasteiger partial charge in [0.25, 0.3) is 0 Å². The van der Waals surface area contributed by atoms with Crippen molar-refractivity contribution in [1.29, 1.82) is 10.5 Å². The van der Waals surface area contributed by atoms with E-state index >= 15 is 0 Å². The fourth-order valence-corrected chi connectivity index (χ4v) is 8.82. The van der Waals surface area contributed by atoms with Crippen molar-refractivity contribution in [2.24, 2.45) is 0 Å². The van der Waals surface area contributed by atoms with Crippen LogP contribution >= 0.6 is 0 Å². The highest BCUT2D eigenvalue weighted by Crippen LogP contribution is 2.42. The Labute approximate surface area is 316 Å². The number of nitrogens with zero attached hydrogens (tertiary/aromatic N) is 5. The van der Waals surface area contributed by atoms with Gasteiger partial charge in [0.15, 0.2) is 0 Å². The summed E-state index contributed by atoms with van der Waals surface area (Å²) in [5, 5.41) is 27.3. The minimum absolute atomic E-state index is 0.570. The topological polar surface area (TPSA) is 62.4 Å². The molecule has 0 saturated carbocycles. The molecule has 0 radical (unpaired) electrons. The summed E-state index contributed by atoms with van der Waals surface area (Å²) < 4.78 is 6.94. The minimum Gasteiger partial charge on any atom is -0.309 e. The fourth-order valence-electron chi connectivity index (χ4n) is 8.82. The number of hydrogen-bond donors (Lipinski definition) is 0. The SMILES string of the molecule is N#Cc1cc(-c2ccccc2-n2c3ccccc3c3ccc(C#N)cc32)cc(-n2c3ccccc3c3c(-n4c5ccccc5c5ccccc54)cccc32)c1. The lowest BCUT2D eigenvalue weighted by Gasteiger charge is -2.16. The highest BCUT2D eigenvalue weighted by Gasteiger charge is 2.21. The lowest BCUT2D eigenvalue weighted by Crippen LogP contribution is -2.00. The van der Waals surface area contributed by atoms with E-state index in [2.05, 4.69) is 159 Å². The summed E-state index contributed by atoms with van der Waals surface area (Å²) in [6.45, 7) is 0. The molecule has 0 spiro atoms. The molecule has 5 heteroatoms. The smallest absolute Gasteiger partial charge is 0.0992 e. The van der Waals surface area contributed by atoms with Crippen LogP contribution in [0.2, 0.25) is 0 Å². The second kappa shape index (κ2) is 11.8. The van der Waals surface area contributed by atoms with Crippen LogP contribution < -0.4 is 0 Å². The Morgan fingerprint density at radius 1 is 0.345 bits per heavy atom. The molecule has 0 fully saturated rings. The lowest BCUT2D eigenvalue weighted by molar-refractivity contribution is 1.16. The third-order valence-electron chi connectivity index (χ3n) is 11.1. The minimum atomic E-state index is 0.570. The molecular formula is C50H29N5. The number of hydrogen-bond acceptors (Lipinski definition) is 2. The third-order valence-corrected chi connectivity index (χ3v) is 11.1. The Morgan fingerprint density at radius 3 is 1.51 bits per heavy atom. The second-order valence-electron chi connectivity index (χ2n) is 14.0. The summed E-state index contributed by atoms with van der Waals surface area (Å²) in [4.78, 5) is 0. The van der Waals surface area contributed by atoms with Crippen molar-refractivity contribution in [2.45, 2.75) is 0 Å². The molecule has 0 bridgehead atoms. The molecule has 0 aliphatic heterocycles. The van der Waals surface area contributed by atoms with Crippen LogP contribution in [0.25, 0.3) is 93.6 Å². The van der Waals surface area contributed by atoms with Gasteiger partial charge in [-0.1, -0.05) is 103 Å². The predicted octanol–water partition coefficient (Wildman–Crippen LogP) is 12.4. The molecule has 0 aliphatic carbocycles. The van der Waals surface area contributed by atoms with Crippen molar-refractivity contribution >= 4 is 65.4 Å². The maximum atomic E-state index is 10.5. The summed E-state index contributed by atoms with van der Waals surface area (Å²) in [5.41, 5.74) is 12.5. The zero-order chi connectivity index (χ0) is 36.6. The number of benzene rings is 8. The van der Waals surface area contributed by atoms with Crippen LogP contribution in [0.4, 0.5) is 0 Å². The van der Waals surface area contributed by atoms with E-state index in [1.165, 1.54) is 10.8 Å². The van der Waals surface area contributed by atoms with Gasteiger partial charge in [-0.2, -0.15) is 10.5 Å². The lowest BCUT2D eigenvalue weighted by atomic mass is 10.00. The van der Waals surface area contributed by atoms with Gasteiger partial charge in [0.2, 0.25) is 0 Å². The van der Waals surface area contributed by atoms with Crippen molar-refractivity contribution in [2.75, 3.05) is 0 Å². The predicted molar refractivity (Wildman–Crippen MR) is 224 cm³/mol. The standard InChI is InChI=1S/C50H29N5/c51-30-32-24-25-40-39-15-4-9-20-45(39)55(49(40)28-32)42-17-6-1-12-36(42)34-26-33(31-52)27-35(29-34)53-46-21-10-5-16-41(46)50-47(53)22-11-23-48(50)54-43-18-7-2-13-37(43)38-14-3-8-19-44(38)54/h1-29H. The summed E-state index contributed by atoms with van der Waals surface area (Å²) in [6.07, 6.45) is 0. The molecule has 3 aromatic heterocycles. The van der Waals surface area contributed by atoms with Gasteiger partial charge < -0.3 is 13.7 Å². The van der Waals surface area contributed by atoms with E-state index in [4.69, 9.17) is 0 Å². The van der Waals surface area contributed by atoms with E-state index in [0.717, 1.165) is 82.8 Å². The molecule has 254 valence electrons. The van der Waals surface area contributed by atoms with E-state index in [9.17, 15) is 10.5 Å². The van der Waals surface area contributed by atoms with Crippen molar-refractivity contribution in [3.63, 3.8) is 0 Å². The van der Waals surface area contributed by atoms with Gasteiger partial charge in [0.1, 0.15) is 0 Å². The van der Waals surface area contributed by atoms with Gasteiger partial charge >= 0.3 is 0 Å². The molecule has 0 aliphatic rings. The molecule has 55 heavy (non-hydrogen) atoms. The van der Waals surface area contributed by atoms with Crippen molar-refractivity contribution < 1.29 is 0 Å². The van der Waals surface area contributed by atoms with Crippen LogP contribution in [-0.4, -0.2) is 13.7 Å². The van der Waals surface area contributed by atoms with Crippen LogP contribution in [0.3, 0.4) is 0 Å².